The maximum Gasteiger partial charge on any atom is 0.254 e. The highest BCUT2D eigenvalue weighted by Gasteiger charge is 2.31. The summed E-state index contributed by atoms with van der Waals surface area (Å²) in [5.41, 5.74) is 0.717. The van der Waals surface area contributed by atoms with Crippen molar-refractivity contribution in [3.8, 4) is 5.75 Å². The largest absolute Gasteiger partial charge is 0.491 e. The van der Waals surface area contributed by atoms with Crippen LogP contribution < -0.4 is 4.74 Å². The molecule has 2 fully saturated rings. The van der Waals surface area contributed by atoms with Gasteiger partial charge in [0.1, 0.15) is 12.4 Å². The number of nitrogens with zero attached hydrogens (tertiary/aromatic N) is 2. The standard InChI is InChI=1S/C18H26N2O3/c21-12-13-23-17-7-5-15(6-8-17)18(22)20-11-3-4-16(20)14-19-9-1-2-10-19/h5-8,16,21H,1-4,9-14H2/t16-/m0/s1. The van der Waals surface area contributed by atoms with E-state index >= 15 is 0 Å². The van der Waals surface area contributed by atoms with Crippen molar-refractivity contribution in [1.29, 1.82) is 0 Å². The van der Waals surface area contributed by atoms with Gasteiger partial charge in [0.05, 0.1) is 6.61 Å². The molecule has 1 amide bonds. The van der Waals surface area contributed by atoms with Crippen molar-refractivity contribution >= 4 is 5.91 Å². The molecule has 0 unspecified atom stereocenters. The minimum Gasteiger partial charge on any atom is -0.491 e. The number of hydrogen-bond donors (Lipinski definition) is 1. The number of aliphatic hydroxyl groups is 1. The van der Waals surface area contributed by atoms with Gasteiger partial charge < -0.3 is 19.6 Å². The van der Waals surface area contributed by atoms with E-state index in [0.29, 0.717) is 11.8 Å². The lowest BCUT2D eigenvalue weighted by molar-refractivity contribution is 0.0708. The summed E-state index contributed by atoms with van der Waals surface area (Å²) in [6, 6.07) is 7.59. The van der Waals surface area contributed by atoms with Crippen LogP contribution in [-0.2, 0) is 0 Å². The summed E-state index contributed by atoms with van der Waals surface area (Å²) >= 11 is 0. The number of amides is 1. The van der Waals surface area contributed by atoms with Gasteiger partial charge in [-0.2, -0.15) is 0 Å². The van der Waals surface area contributed by atoms with Crippen molar-refractivity contribution in [2.24, 2.45) is 0 Å². The predicted octanol–water partition coefficient (Wildman–Crippen LogP) is 1.76. The van der Waals surface area contributed by atoms with Gasteiger partial charge in [0.2, 0.25) is 0 Å². The molecule has 23 heavy (non-hydrogen) atoms. The Morgan fingerprint density at radius 2 is 1.87 bits per heavy atom. The predicted molar refractivity (Wildman–Crippen MR) is 88.8 cm³/mol. The van der Waals surface area contributed by atoms with Crippen molar-refractivity contribution in [2.75, 3.05) is 39.4 Å². The van der Waals surface area contributed by atoms with E-state index in [0.717, 1.165) is 31.5 Å². The van der Waals surface area contributed by atoms with Crippen molar-refractivity contribution in [3.05, 3.63) is 29.8 Å². The minimum absolute atomic E-state index is 0.00730. The second-order valence-electron chi connectivity index (χ2n) is 6.40. The van der Waals surface area contributed by atoms with Gasteiger partial charge in [-0.1, -0.05) is 0 Å². The van der Waals surface area contributed by atoms with Gasteiger partial charge in [-0.25, -0.2) is 0 Å². The number of aliphatic hydroxyl groups excluding tert-OH is 1. The molecule has 3 rings (SSSR count). The summed E-state index contributed by atoms with van der Waals surface area (Å²) < 4.78 is 5.34. The fourth-order valence-corrected chi connectivity index (χ4v) is 3.58. The molecule has 0 aliphatic carbocycles. The first kappa shape index (κ1) is 16.3. The average Bonchev–Trinajstić information content (AvgIpc) is 3.25. The number of carbonyl (C=O) groups is 1. The van der Waals surface area contributed by atoms with Crippen LogP contribution in [0.5, 0.6) is 5.75 Å². The average molecular weight is 318 g/mol. The highest BCUT2D eigenvalue weighted by Crippen LogP contribution is 2.23. The lowest BCUT2D eigenvalue weighted by atomic mass is 10.1. The van der Waals surface area contributed by atoms with E-state index in [-0.39, 0.29) is 19.1 Å². The maximum absolute atomic E-state index is 12.8. The van der Waals surface area contributed by atoms with Gasteiger partial charge in [0.15, 0.2) is 0 Å². The van der Waals surface area contributed by atoms with Gasteiger partial charge in [0.25, 0.3) is 5.91 Å². The Morgan fingerprint density at radius 1 is 1.13 bits per heavy atom. The fourth-order valence-electron chi connectivity index (χ4n) is 3.58. The van der Waals surface area contributed by atoms with Crippen molar-refractivity contribution in [1.82, 2.24) is 9.80 Å². The minimum atomic E-state index is -0.00730. The summed E-state index contributed by atoms with van der Waals surface area (Å²) in [6.07, 6.45) is 4.79. The molecule has 2 aliphatic heterocycles. The molecule has 0 radical (unpaired) electrons. The number of hydrogen-bond acceptors (Lipinski definition) is 4. The molecule has 2 aliphatic rings. The Morgan fingerprint density at radius 3 is 2.57 bits per heavy atom. The molecule has 0 saturated carbocycles. The molecular formula is C18H26N2O3. The Bertz CT molecular complexity index is 512. The number of carbonyl (C=O) groups excluding carboxylic acids is 1. The van der Waals surface area contributed by atoms with E-state index in [1.165, 1.54) is 25.9 Å². The molecule has 5 nitrogen and oxygen atoms in total. The molecule has 0 spiro atoms. The molecule has 2 saturated heterocycles. The van der Waals surface area contributed by atoms with Crippen molar-refractivity contribution in [3.63, 3.8) is 0 Å². The number of likely N-dealkylation sites (tertiary alicyclic amines) is 2. The van der Waals surface area contributed by atoms with E-state index < -0.39 is 0 Å². The first-order chi connectivity index (χ1) is 11.3. The van der Waals surface area contributed by atoms with Crippen LogP contribution in [0, 0.1) is 0 Å². The molecule has 0 aromatic heterocycles. The van der Waals surface area contributed by atoms with Gasteiger partial charge in [-0.15, -0.1) is 0 Å². The molecule has 5 heteroatoms. The van der Waals surface area contributed by atoms with Crippen LogP contribution in [0.3, 0.4) is 0 Å². The SMILES string of the molecule is O=C(c1ccc(OCCO)cc1)N1CCC[C@H]1CN1CCCC1. The Hall–Kier alpha value is -1.59. The van der Waals surface area contributed by atoms with Gasteiger partial charge >= 0.3 is 0 Å². The van der Waals surface area contributed by atoms with Crippen LogP contribution >= 0.6 is 0 Å². The Balaban J connectivity index is 1.61. The fraction of sp³-hybridized carbons (Fsp3) is 0.611. The molecule has 1 N–H and O–H groups in total. The van der Waals surface area contributed by atoms with Crippen LogP contribution in [0.1, 0.15) is 36.0 Å². The first-order valence-electron chi connectivity index (χ1n) is 8.65. The number of benzene rings is 1. The van der Waals surface area contributed by atoms with E-state index in [2.05, 4.69) is 4.90 Å². The molecule has 126 valence electrons. The number of ether oxygens (including phenoxy) is 1. The van der Waals surface area contributed by atoms with Crippen LogP contribution in [0.25, 0.3) is 0 Å². The first-order valence-corrected chi connectivity index (χ1v) is 8.65. The monoisotopic (exact) mass is 318 g/mol. The third-order valence-corrected chi connectivity index (χ3v) is 4.77. The zero-order valence-electron chi connectivity index (χ0n) is 13.6. The van der Waals surface area contributed by atoms with Gasteiger partial charge in [-0.3, -0.25) is 4.79 Å². The van der Waals surface area contributed by atoms with Crippen LogP contribution in [0.2, 0.25) is 0 Å². The smallest absolute Gasteiger partial charge is 0.254 e. The third kappa shape index (κ3) is 4.03. The topological polar surface area (TPSA) is 53.0 Å². The van der Waals surface area contributed by atoms with E-state index in [4.69, 9.17) is 9.84 Å². The van der Waals surface area contributed by atoms with E-state index in [9.17, 15) is 4.79 Å². The van der Waals surface area contributed by atoms with Crippen molar-refractivity contribution in [2.45, 2.75) is 31.7 Å². The lowest BCUT2D eigenvalue weighted by Crippen LogP contribution is -2.42. The molecule has 0 bridgehead atoms. The normalized spacial score (nSPS) is 21.8. The molecular weight excluding hydrogens is 292 g/mol. The summed E-state index contributed by atoms with van der Waals surface area (Å²) in [7, 11) is 0. The van der Waals surface area contributed by atoms with Crippen LogP contribution in [-0.4, -0.2) is 66.2 Å². The summed E-state index contributed by atoms with van der Waals surface area (Å²) in [6.45, 7) is 4.50. The van der Waals surface area contributed by atoms with E-state index in [1.807, 2.05) is 17.0 Å². The zero-order chi connectivity index (χ0) is 16.1. The Labute approximate surface area is 137 Å². The highest BCUT2D eigenvalue weighted by molar-refractivity contribution is 5.94. The van der Waals surface area contributed by atoms with Gasteiger partial charge in [0, 0.05) is 24.7 Å². The van der Waals surface area contributed by atoms with Gasteiger partial charge in [-0.05, 0) is 63.0 Å². The summed E-state index contributed by atoms with van der Waals surface area (Å²) in [5, 5.41) is 8.77. The van der Waals surface area contributed by atoms with E-state index in [1.54, 1.807) is 12.1 Å². The molecule has 2 heterocycles. The maximum atomic E-state index is 12.8. The summed E-state index contributed by atoms with van der Waals surface area (Å²) in [5.74, 6) is 0.811. The zero-order valence-corrected chi connectivity index (χ0v) is 13.6. The van der Waals surface area contributed by atoms with Crippen LogP contribution in [0.4, 0.5) is 0 Å². The molecule has 1 atom stereocenters. The molecule has 1 aromatic rings. The second-order valence-corrected chi connectivity index (χ2v) is 6.40. The summed E-state index contributed by atoms with van der Waals surface area (Å²) in [4.78, 5) is 17.3. The second kappa shape index (κ2) is 7.79. The van der Waals surface area contributed by atoms with Crippen molar-refractivity contribution < 1.29 is 14.6 Å². The third-order valence-electron chi connectivity index (χ3n) is 4.77. The lowest BCUT2D eigenvalue weighted by Gasteiger charge is -2.28. The Kier molecular flexibility index (Phi) is 5.51. The quantitative estimate of drug-likeness (QED) is 0.868. The highest BCUT2D eigenvalue weighted by atomic mass is 16.5. The van der Waals surface area contributed by atoms with Crippen LogP contribution in [0.15, 0.2) is 24.3 Å². The molecule has 1 aromatic carbocycles. The number of rotatable bonds is 6.